The van der Waals surface area contributed by atoms with Crippen LogP contribution in [-0.2, 0) is 13.1 Å². The van der Waals surface area contributed by atoms with Crippen molar-refractivity contribution in [1.29, 1.82) is 0 Å². The highest BCUT2D eigenvalue weighted by Gasteiger charge is 2.30. The maximum absolute atomic E-state index is 13.6. The number of hydrogen-bond acceptors (Lipinski definition) is 2. The second kappa shape index (κ2) is 4.59. The van der Waals surface area contributed by atoms with Gasteiger partial charge in [0.15, 0.2) is 0 Å². The first kappa shape index (κ1) is 12.6. The van der Waals surface area contributed by atoms with Crippen molar-refractivity contribution >= 4 is 5.91 Å². The Hall–Kier alpha value is -2.43. The van der Waals surface area contributed by atoms with Crippen LogP contribution in [0.5, 0.6) is 5.75 Å². The van der Waals surface area contributed by atoms with Gasteiger partial charge in [0, 0.05) is 24.7 Å². The first-order valence-corrected chi connectivity index (χ1v) is 6.10. The van der Waals surface area contributed by atoms with Gasteiger partial charge in [-0.2, -0.15) is 0 Å². The predicted octanol–water partition coefficient (Wildman–Crippen LogP) is 2.83. The van der Waals surface area contributed by atoms with Crippen LogP contribution in [0.1, 0.15) is 21.5 Å². The number of fused-ring (bicyclic) bond motifs is 1. The molecule has 0 spiro atoms. The largest absolute Gasteiger partial charge is 0.507 e. The van der Waals surface area contributed by atoms with Crippen LogP contribution in [-0.4, -0.2) is 15.9 Å². The molecule has 3 nitrogen and oxygen atoms in total. The van der Waals surface area contributed by atoms with Gasteiger partial charge in [0.2, 0.25) is 0 Å². The molecule has 1 heterocycles. The smallest absolute Gasteiger partial charge is 0.258 e. The summed E-state index contributed by atoms with van der Waals surface area (Å²) in [5.74, 6) is -1.76. The maximum atomic E-state index is 13.6. The minimum absolute atomic E-state index is 0.0407. The molecule has 5 heteroatoms. The van der Waals surface area contributed by atoms with Crippen molar-refractivity contribution in [3.05, 3.63) is 64.7 Å². The van der Waals surface area contributed by atoms with Crippen LogP contribution in [0.2, 0.25) is 0 Å². The average Bonchev–Trinajstić information content (AvgIpc) is 2.71. The Kier molecular flexibility index (Phi) is 2.89. The Bertz CT molecular complexity index is 700. The van der Waals surface area contributed by atoms with Crippen LogP contribution in [0.25, 0.3) is 0 Å². The van der Waals surface area contributed by atoms with E-state index in [9.17, 15) is 18.7 Å². The second-order valence-electron chi connectivity index (χ2n) is 4.71. The fourth-order valence-electron chi connectivity index (χ4n) is 2.38. The quantitative estimate of drug-likeness (QED) is 0.915. The van der Waals surface area contributed by atoms with Crippen LogP contribution in [0.4, 0.5) is 8.78 Å². The number of halogens is 2. The summed E-state index contributed by atoms with van der Waals surface area (Å²) in [6.07, 6.45) is 0. The van der Waals surface area contributed by atoms with Crippen molar-refractivity contribution in [1.82, 2.24) is 4.90 Å². The average molecular weight is 275 g/mol. The molecule has 0 saturated heterocycles. The third-order valence-corrected chi connectivity index (χ3v) is 3.37. The molecule has 0 unspecified atom stereocenters. The Morgan fingerprint density at radius 2 is 2.00 bits per heavy atom. The topological polar surface area (TPSA) is 40.5 Å². The normalized spacial score (nSPS) is 13.7. The van der Waals surface area contributed by atoms with Gasteiger partial charge >= 0.3 is 0 Å². The van der Waals surface area contributed by atoms with E-state index in [-0.39, 0.29) is 29.3 Å². The molecule has 0 aromatic heterocycles. The molecule has 1 N–H and O–H groups in total. The van der Waals surface area contributed by atoms with Gasteiger partial charge in [0.1, 0.15) is 17.4 Å². The van der Waals surface area contributed by atoms with E-state index in [2.05, 4.69) is 0 Å². The van der Waals surface area contributed by atoms with E-state index in [4.69, 9.17) is 0 Å². The van der Waals surface area contributed by atoms with Crippen LogP contribution >= 0.6 is 0 Å². The predicted molar refractivity (Wildman–Crippen MR) is 68.0 cm³/mol. The summed E-state index contributed by atoms with van der Waals surface area (Å²) < 4.78 is 26.5. The number of phenols is 1. The highest BCUT2D eigenvalue weighted by molar-refractivity contribution is 6.00. The molecular weight excluding hydrogens is 264 g/mol. The fraction of sp³-hybridized carbons (Fsp3) is 0.133. The summed E-state index contributed by atoms with van der Waals surface area (Å²) >= 11 is 0. The Morgan fingerprint density at radius 1 is 1.20 bits per heavy atom. The van der Waals surface area contributed by atoms with Crippen LogP contribution < -0.4 is 0 Å². The number of rotatable bonds is 2. The highest BCUT2D eigenvalue weighted by Crippen LogP contribution is 2.31. The van der Waals surface area contributed by atoms with E-state index in [0.717, 1.165) is 12.1 Å². The number of carbonyl (C=O) groups excluding carboxylic acids is 1. The van der Waals surface area contributed by atoms with Gasteiger partial charge in [-0.3, -0.25) is 4.79 Å². The third kappa shape index (κ3) is 2.01. The van der Waals surface area contributed by atoms with Gasteiger partial charge in [-0.05, 0) is 17.7 Å². The fourth-order valence-corrected chi connectivity index (χ4v) is 2.38. The van der Waals surface area contributed by atoms with E-state index in [1.165, 1.54) is 17.0 Å². The minimum atomic E-state index is -0.682. The summed E-state index contributed by atoms with van der Waals surface area (Å²) in [6, 6.07) is 8.11. The number of amides is 1. The number of phenolic OH excluding ortho intramolecular Hbond substituents is 1. The standard InChI is InChI=1S/C15H11F2NO2/c16-11-5-4-9(12(17)6-11)7-18-8-10-2-1-3-13(19)14(10)15(18)20/h1-6,19H,7-8H2. The maximum Gasteiger partial charge on any atom is 0.258 e. The molecule has 1 amide bonds. The molecule has 2 aromatic rings. The van der Waals surface area contributed by atoms with E-state index in [0.29, 0.717) is 12.1 Å². The zero-order valence-corrected chi connectivity index (χ0v) is 10.4. The molecule has 2 aromatic carbocycles. The first-order chi connectivity index (χ1) is 9.56. The second-order valence-corrected chi connectivity index (χ2v) is 4.71. The lowest BCUT2D eigenvalue weighted by Gasteiger charge is -2.16. The summed E-state index contributed by atoms with van der Waals surface area (Å²) in [5.41, 5.74) is 1.21. The van der Waals surface area contributed by atoms with E-state index >= 15 is 0 Å². The number of carbonyl (C=O) groups is 1. The first-order valence-electron chi connectivity index (χ1n) is 6.10. The van der Waals surface area contributed by atoms with Crippen LogP contribution in [0.3, 0.4) is 0 Å². The van der Waals surface area contributed by atoms with Gasteiger partial charge in [-0.1, -0.05) is 18.2 Å². The Morgan fingerprint density at radius 3 is 2.70 bits per heavy atom. The van der Waals surface area contributed by atoms with Crippen LogP contribution in [0.15, 0.2) is 36.4 Å². The van der Waals surface area contributed by atoms with Gasteiger partial charge < -0.3 is 10.0 Å². The number of nitrogens with zero attached hydrogens (tertiary/aromatic N) is 1. The third-order valence-electron chi connectivity index (χ3n) is 3.37. The summed E-state index contributed by atoms with van der Waals surface area (Å²) in [7, 11) is 0. The van der Waals surface area contributed by atoms with Crippen molar-refractivity contribution in [2.75, 3.05) is 0 Å². The number of benzene rings is 2. The van der Waals surface area contributed by atoms with Crippen molar-refractivity contribution in [2.24, 2.45) is 0 Å². The molecule has 0 aliphatic carbocycles. The monoisotopic (exact) mass is 275 g/mol. The summed E-state index contributed by atoms with van der Waals surface area (Å²) in [6.45, 7) is 0.346. The molecule has 1 aliphatic rings. The Labute approximate surface area is 114 Å². The molecule has 0 bridgehead atoms. The van der Waals surface area contributed by atoms with Gasteiger partial charge in [-0.15, -0.1) is 0 Å². The Balaban J connectivity index is 1.88. The van der Waals surface area contributed by atoms with Crippen molar-refractivity contribution in [3.8, 4) is 5.75 Å². The van der Waals surface area contributed by atoms with E-state index in [1.54, 1.807) is 12.1 Å². The van der Waals surface area contributed by atoms with Gasteiger partial charge in [0.25, 0.3) is 5.91 Å². The van der Waals surface area contributed by atoms with Gasteiger partial charge in [0.05, 0.1) is 5.56 Å². The zero-order valence-electron chi connectivity index (χ0n) is 10.4. The van der Waals surface area contributed by atoms with Crippen molar-refractivity contribution < 1.29 is 18.7 Å². The summed E-state index contributed by atoms with van der Waals surface area (Å²) in [5, 5.41) is 9.71. The number of hydrogen-bond donors (Lipinski definition) is 1. The molecule has 3 rings (SSSR count). The molecular formula is C15H11F2NO2. The molecule has 20 heavy (non-hydrogen) atoms. The molecule has 0 saturated carbocycles. The van der Waals surface area contributed by atoms with Crippen LogP contribution in [0, 0.1) is 11.6 Å². The lowest BCUT2D eigenvalue weighted by atomic mass is 10.1. The lowest BCUT2D eigenvalue weighted by molar-refractivity contribution is 0.0763. The highest BCUT2D eigenvalue weighted by atomic mass is 19.1. The van der Waals surface area contributed by atoms with E-state index < -0.39 is 11.6 Å². The van der Waals surface area contributed by atoms with Crippen molar-refractivity contribution in [2.45, 2.75) is 13.1 Å². The molecule has 102 valence electrons. The molecule has 0 fully saturated rings. The zero-order chi connectivity index (χ0) is 14.3. The van der Waals surface area contributed by atoms with E-state index in [1.807, 2.05) is 0 Å². The lowest BCUT2D eigenvalue weighted by Crippen LogP contribution is -2.23. The summed E-state index contributed by atoms with van der Waals surface area (Å²) in [4.78, 5) is 13.6. The number of aromatic hydroxyl groups is 1. The molecule has 0 radical (unpaired) electrons. The van der Waals surface area contributed by atoms with Crippen molar-refractivity contribution in [3.63, 3.8) is 0 Å². The molecule has 1 aliphatic heterocycles. The minimum Gasteiger partial charge on any atom is -0.507 e. The van der Waals surface area contributed by atoms with Gasteiger partial charge in [-0.25, -0.2) is 8.78 Å². The molecule has 0 atom stereocenters. The SMILES string of the molecule is O=C1c2c(O)cccc2CN1Cc1ccc(F)cc1F.